The highest BCUT2D eigenvalue weighted by Gasteiger charge is 2.48. The Hall–Kier alpha value is -4.05. The van der Waals surface area contributed by atoms with E-state index >= 15 is 0 Å². The Morgan fingerprint density at radius 3 is 2.08 bits per heavy atom. The third-order valence-corrected chi connectivity index (χ3v) is 7.14. The molecule has 200 valence electrons. The van der Waals surface area contributed by atoms with E-state index in [2.05, 4.69) is 16.0 Å². The SMILES string of the molecule is CC(C)C[C@H](NC(=O)C1(O)c2ccccc2-c2ccccc21)C(=O)N[C@@H](C[C@@H]1CCNC1=O)C(=O)C(N)=O. The topological polar surface area (TPSA) is 168 Å². The first-order valence-corrected chi connectivity index (χ1v) is 12.7. The maximum Gasteiger partial charge on any atom is 0.287 e. The molecule has 2 aromatic carbocycles. The van der Waals surface area contributed by atoms with Gasteiger partial charge >= 0.3 is 0 Å². The van der Waals surface area contributed by atoms with Gasteiger partial charge in [0, 0.05) is 23.6 Å². The second-order valence-electron chi connectivity index (χ2n) is 10.3. The molecule has 0 radical (unpaired) electrons. The number of benzene rings is 2. The van der Waals surface area contributed by atoms with Gasteiger partial charge in [-0.15, -0.1) is 0 Å². The Balaban J connectivity index is 1.60. The van der Waals surface area contributed by atoms with E-state index in [0.29, 0.717) is 35.2 Å². The predicted molar refractivity (Wildman–Crippen MR) is 138 cm³/mol. The van der Waals surface area contributed by atoms with Crippen LogP contribution in [0.1, 0.15) is 44.2 Å². The van der Waals surface area contributed by atoms with Gasteiger partial charge in [0.1, 0.15) is 6.04 Å². The number of fused-ring (bicyclic) bond motifs is 3. The molecule has 0 bridgehead atoms. The fraction of sp³-hybridized carbons (Fsp3) is 0.393. The highest BCUT2D eigenvalue weighted by atomic mass is 16.3. The summed E-state index contributed by atoms with van der Waals surface area (Å²) in [7, 11) is 0. The number of rotatable bonds is 10. The van der Waals surface area contributed by atoms with Gasteiger partial charge < -0.3 is 26.8 Å². The highest BCUT2D eigenvalue weighted by Crippen LogP contribution is 2.47. The minimum absolute atomic E-state index is 0.0465. The van der Waals surface area contributed by atoms with Gasteiger partial charge in [-0.2, -0.15) is 0 Å². The number of carbonyl (C=O) groups is 5. The average molecular weight is 521 g/mol. The lowest BCUT2D eigenvalue weighted by molar-refractivity contribution is -0.141. The largest absolute Gasteiger partial charge is 0.372 e. The number of Topliss-reactive ketones (excluding diaryl/α,β-unsaturated/α-hetero) is 1. The molecular formula is C28H32N4O6. The molecule has 2 aromatic rings. The third-order valence-electron chi connectivity index (χ3n) is 7.14. The van der Waals surface area contributed by atoms with Gasteiger partial charge in [0.2, 0.25) is 17.6 Å². The Morgan fingerprint density at radius 1 is 1.00 bits per heavy atom. The molecule has 0 aromatic heterocycles. The third kappa shape index (κ3) is 5.04. The van der Waals surface area contributed by atoms with Crippen molar-refractivity contribution in [1.82, 2.24) is 16.0 Å². The van der Waals surface area contributed by atoms with E-state index in [1.807, 2.05) is 38.1 Å². The van der Waals surface area contributed by atoms with Gasteiger partial charge in [0.15, 0.2) is 5.60 Å². The summed E-state index contributed by atoms with van der Waals surface area (Å²) in [6.45, 7) is 4.15. The quantitative estimate of drug-likeness (QED) is 0.286. The van der Waals surface area contributed by atoms with Crippen molar-refractivity contribution in [3.63, 3.8) is 0 Å². The van der Waals surface area contributed by atoms with Crippen molar-refractivity contribution in [1.29, 1.82) is 0 Å². The molecule has 2 aliphatic rings. The lowest BCUT2D eigenvalue weighted by atomic mass is 9.89. The summed E-state index contributed by atoms with van der Waals surface area (Å²) in [5.41, 5.74) is 5.40. The number of ketones is 1. The summed E-state index contributed by atoms with van der Waals surface area (Å²) in [6.07, 6.45) is 0.556. The van der Waals surface area contributed by atoms with Crippen molar-refractivity contribution in [2.24, 2.45) is 17.6 Å². The number of nitrogens with two attached hydrogens (primary N) is 1. The first kappa shape index (κ1) is 27.0. The van der Waals surface area contributed by atoms with Crippen LogP contribution in [0, 0.1) is 11.8 Å². The normalized spacial score (nSPS) is 18.6. The van der Waals surface area contributed by atoms with Crippen molar-refractivity contribution in [2.75, 3.05) is 6.54 Å². The molecule has 1 saturated heterocycles. The molecule has 4 amide bonds. The summed E-state index contributed by atoms with van der Waals surface area (Å²) in [5, 5.41) is 19.7. The van der Waals surface area contributed by atoms with Crippen LogP contribution in [0.5, 0.6) is 0 Å². The Kier molecular flexibility index (Phi) is 7.63. The lowest BCUT2D eigenvalue weighted by Gasteiger charge is -2.29. The lowest BCUT2D eigenvalue weighted by Crippen LogP contribution is -2.57. The van der Waals surface area contributed by atoms with E-state index in [4.69, 9.17) is 5.73 Å². The molecule has 38 heavy (non-hydrogen) atoms. The maximum atomic E-state index is 13.7. The van der Waals surface area contributed by atoms with Crippen LogP contribution in [0.15, 0.2) is 48.5 Å². The van der Waals surface area contributed by atoms with Gasteiger partial charge in [-0.25, -0.2) is 0 Å². The first-order valence-electron chi connectivity index (χ1n) is 12.7. The molecule has 10 nitrogen and oxygen atoms in total. The molecular weight excluding hydrogens is 488 g/mol. The number of aliphatic hydroxyl groups is 1. The molecule has 1 heterocycles. The van der Waals surface area contributed by atoms with E-state index in [-0.39, 0.29) is 24.7 Å². The number of hydrogen-bond acceptors (Lipinski definition) is 6. The summed E-state index contributed by atoms with van der Waals surface area (Å²) in [6, 6.07) is 11.6. The molecule has 0 unspecified atom stereocenters. The fourth-order valence-corrected chi connectivity index (χ4v) is 5.25. The van der Waals surface area contributed by atoms with Crippen LogP contribution in [0.3, 0.4) is 0 Å². The van der Waals surface area contributed by atoms with Crippen LogP contribution in [-0.4, -0.2) is 53.1 Å². The Labute approximate surface area is 220 Å². The fourth-order valence-electron chi connectivity index (χ4n) is 5.25. The van der Waals surface area contributed by atoms with E-state index in [0.717, 1.165) is 0 Å². The smallest absolute Gasteiger partial charge is 0.287 e. The van der Waals surface area contributed by atoms with Crippen molar-refractivity contribution in [3.05, 3.63) is 59.7 Å². The second-order valence-corrected chi connectivity index (χ2v) is 10.3. The average Bonchev–Trinajstić information content (AvgIpc) is 3.41. The molecule has 0 saturated carbocycles. The zero-order valence-electron chi connectivity index (χ0n) is 21.3. The van der Waals surface area contributed by atoms with Crippen molar-refractivity contribution in [3.8, 4) is 11.1 Å². The van der Waals surface area contributed by atoms with Crippen LogP contribution in [0.25, 0.3) is 11.1 Å². The Morgan fingerprint density at radius 2 is 1.58 bits per heavy atom. The first-order chi connectivity index (χ1) is 18.0. The van der Waals surface area contributed by atoms with Crippen LogP contribution < -0.4 is 21.7 Å². The van der Waals surface area contributed by atoms with E-state index < -0.39 is 47.1 Å². The van der Waals surface area contributed by atoms with E-state index in [1.54, 1.807) is 24.3 Å². The summed E-state index contributed by atoms with van der Waals surface area (Å²) >= 11 is 0. The van der Waals surface area contributed by atoms with Crippen molar-refractivity contribution >= 4 is 29.4 Å². The molecule has 3 atom stereocenters. The summed E-state index contributed by atoms with van der Waals surface area (Å²) in [4.78, 5) is 63.4. The van der Waals surface area contributed by atoms with Crippen LogP contribution >= 0.6 is 0 Å². The summed E-state index contributed by atoms with van der Waals surface area (Å²) < 4.78 is 0. The van der Waals surface area contributed by atoms with Crippen LogP contribution in [0.4, 0.5) is 0 Å². The van der Waals surface area contributed by atoms with Gasteiger partial charge in [-0.3, -0.25) is 24.0 Å². The second kappa shape index (κ2) is 10.7. The van der Waals surface area contributed by atoms with Crippen molar-refractivity contribution in [2.45, 2.75) is 50.8 Å². The monoisotopic (exact) mass is 520 g/mol. The number of carbonyl (C=O) groups excluding carboxylic acids is 5. The molecule has 0 spiro atoms. The molecule has 1 fully saturated rings. The highest BCUT2D eigenvalue weighted by molar-refractivity contribution is 6.38. The van der Waals surface area contributed by atoms with Gasteiger partial charge in [-0.1, -0.05) is 62.4 Å². The molecule has 6 N–H and O–H groups in total. The van der Waals surface area contributed by atoms with Gasteiger partial charge in [-0.05, 0) is 36.3 Å². The number of nitrogens with one attached hydrogen (secondary N) is 3. The number of amides is 4. The zero-order valence-corrected chi connectivity index (χ0v) is 21.3. The Bertz CT molecular complexity index is 1240. The van der Waals surface area contributed by atoms with Crippen LogP contribution in [0.2, 0.25) is 0 Å². The minimum Gasteiger partial charge on any atom is -0.372 e. The predicted octanol–water partition coefficient (Wildman–Crippen LogP) is 0.499. The molecule has 1 aliphatic heterocycles. The van der Waals surface area contributed by atoms with E-state index in [1.165, 1.54) is 0 Å². The minimum atomic E-state index is -2.03. The zero-order chi connectivity index (χ0) is 27.6. The van der Waals surface area contributed by atoms with Crippen LogP contribution in [-0.2, 0) is 29.6 Å². The molecule has 1 aliphatic carbocycles. The summed E-state index contributed by atoms with van der Waals surface area (Å²) in [5.74, 6) is -4.63. The number of primary amides is 1. The standard InChI is InChI=1S/C28H32N4O6/c1-15(2)13-22(26(36)31-21(23(33)24(29)34)14-16-11-12-30-25(16)35)32-27(37)28(38)19-9-5-3-7-17(19)18-8-4-6-10-20(18)28/h3-10,15-16,21-22,38H,11-14H2,1-2H3,(H2,29,34)(H,30,35)(H,31,36)(H,32,37)/t16-,21-,22-/m0/s1. The van der Waals surface area contributed by atoms with Gasteiger partial charge in [0.05, 0.1) is 6.04 Å². The molecule has 10 heteroatoms. The number of hydrogen-bond donors (Lipinski definition) is 5. The van der Waals surface area contributed by atoms with Crippen molar-refractivity contribution < 1.29 is 29.1 Å². The maximum absolute atomic E-state index is 13.7. The van der Waals surface area contributed by atoms with E-state index in [9.17, 15) is 29.1 Å². The van der Waals surface area contributed by atoms with Gasteiger partial charge in [0.25, 0.3) is 11.8 Å². The molecule has 4 rings (SSSR count).